The Hall–Kier alpha value is -2.58. The number of nitrogens with two attached hydrogens (primary N) is 1. The van der Waals surface area contributed by atoms with E-state index in [9.17, 15) is 19.2 Å². The second-order valence-corrected chi connectivity index (χ2v) is 7.42. The van der Waals surface area contributed by atoms with Gasteiger partial charge >= 0.3 is 0 Å². The van der Waals surface area contributed by atoms with Gasteiger partial charge in [0.15, 0.2) is 0 Å². The van der Waals surface area contributed by atoms with Gasteiger partial charge in [-0.2, -0.15) is 0 Å². The van der Waals surface area contributed by atoms with Crippen LogP contribution in [0.15, 0.2) is 18.2 Å². The van der Waals surface area contributed by atoms with Crippen molar-refractivity contribution in [1.29, 1.82) is 0 Å². The van der Waals surface area contributed by atoms with Crippen LogP contribution in [0, 0.1) is 5.92 Å². The molecule has 4 amide bonds. The van der Waals surface area contributed by atoms with Crippen molar-refractivity contribution in [3.8, 4) is 0 Å². The molecule has 3 N–H and O–H groups in total. The van der Waals surface area contributed by atoms with Crippen LogP contribution in [0.4, 0.5) is 0 Å². The average molecular weight is 370 g/mol. The summed E-state index contributed by atoms with van der Waals surface area (Å²) >= 11 is 0. The van der Waals surface area contributed by atoms with E-state index in [2.05, 4.69) is 10.2 Å². The zero-order valence-corrected chi connectivity index (χ0v) is 14.9. The molecule has 3 aliphatic rings. The standard InChI is InChI=1S/C19H22N4O4/c20-7-6-11-8-22(9-11)10-12-2-1-3-13-16(12)19(27)23(18(13)26)14-4-5-15(24)21-17(14)25/h1-3,11,14H,4-10,20H2,(H,21,24,25). The topological polar surface area (TPSA) is 113 Å². The van der Waals surface area contributed by atoms with E-state index in [1.54, 1.807) is 12.1 Å². The normalized spacial score (nSPS) is 23.4. The minimum absolute atomic E-state index is 0.118. The van der Waals surface area contributed by atoms with Gasteiger partial charge in [-0.3, -0.25) is 34.3 Å². The lowest BCUT2D eigenvalue weighted by Crippen LogP contribution is -2.54. The second kappa shape index (κ2) is 6.86. The number of benzene rings is 1. The summed E-state index contributed by atoms with van der Waals surface area (Å²) in [6, 6.07) is 4.32. The summed E-state index contributed by atoms with van der Waals surface area (Å²) in [4.78, 5) is 52.6. The second-order valence-electron chi connectivity index (χ2n) is 7.42. The lowest BCUT2D eigenvalue weighted by Gasteiger charge is -2.39. The van der Waals surface area contributed by atoms with Gasteiger partial charge in [0.2, 0.25) is 11.8 Å². The Labute approximate surface area is 156 Å². The molecular formula is C19H22N4O4. The fraction of sp³-hybridized carbons (Fsp3) is 0.474. The van der Waals surface area contributed by atoms with Gasteiger partial charge in [0.25, 0.3) is 11.8 Å². The number of rotatable bonds is 5. The van der Waals surface area contributed by atoms with Gasteiger partial charge in [-0.25, -0.2) is 0 Å². The molecule has 2 fully saturated rings. The number of carbonyl (C=O) groups is 4. The van der Waals surface area contributed by atoms with E-state index >= 15 is 0 Å². The number of fused-ring (bicyclic) bond motifs is 1. The van der Waals surface area contributed by atoms with Crippen LogP contribution >= 0.6 is 0 Å². The fourth-order valence-electron chi connectivity index (χ4n) is 4.18. The van der Waals surface area contributed by atoms with E-state index in [0.29, 0.717) is 30.1 Å². The molecule has 0 aliphatic carbocycles. The van der Waals surface area contributed by atoms with Crippen molar-refractivity contribution in [2.45, 2.75) is 31.8 Å². The highest BCUT2D eigenvalue weighted by molar-refractivity contribution is 6.24. The summed E-state index contributed by atoms with van der Waals surface area (Å²) in [6.07, 6.45) is 1.27. The van der Waals surface area contributed by atoms with E-state index in [4.69, 9.17) is 5.73 Å². The summed E-state index contributed by atoms with van der Waals surface area (Å²) < 4.78 is 0. The van der Waals surface area contributed by atoms with E-state index in [0.717, 1.165) is 30.0 Å². The third kappa shape index (κ3) is 3.04. The number of nitrogens with zero attached hydrogens (tertiary/aromatic N) is 2. The lowest BCUT2D eigenvalue weighted by molar-refractivity contribution is -0.136. The first-order valence-electron chi connectivity index (χ1n) is 9.25. The predicted octanol–water partition coefficient (Wildman–Crippen LogP) is -0.132. The summed E-state index contributed by atoms with van der Waals surface area (Å²) in [5.74, 6) is -1.28. The molecule has 0 spiro atoms. The SMILES string of the molecule is NCCC1CN(Cc2cccc3c2C(=O)N(C2CCC(=O)NC2=O)C3=O)C1. The summed E-state index contributed by atoms with van der Waals surface area (Å²) in [6.45, 7) is 3.12. The smallest absolute Gasteiger partial charge is 0.262 e. The predicted molar refractivity (Wildman–Crippen MR) is 95.6 cm³/mol. The van der Waals surface area contributed by atoms with Crippen molar-refractivity contribution in [1.82, 2.24) is 15.1 Å². The summed E-state index contributed by atoms with van der Waals surface area (Å²) in [7, 11) is 0. The molecule has 1 aromatic rings. The maximum absolute atomic E-state index is 13.0. The molecule has 142 valence electrons. The van der Waals surface area contributed by atoms with Crippen molar-refractivity contribution < 1.29 is 19.2 Å². The van der Waals surface area contributed by atoms with Gasteiger partial charge in [-0.15, -0.1) is 0 Å². The minimum atomic E-state index is -0.930. The zero-order chi connectivity index (χ0) is 19.1. The Morgan fingerprint density at radius 3 is 2.59 bits per heavy atom. The van der Waals surface area contributed by atoms with Crippen molar-refractivity contribution in [3.05, 3.63) is 34.9 Å². The van der Waals surface area contributed by atoms with Crippen molar-refractivity contribution in [3.63, 3.8) is 0 Å². The van der Waals surface area contributed by atoms with Crippen LogP contribution in [0.25, 0.3) is 0 Å². The first kappa shape index (κ1) is 17.8. The first-order chi connectivity index (χ1) is 13.0. The van der Waals surface area contributed by atoms with Gasteiger partial charge in [-0.1, -0.05) is 12.1 Å². The minimum Gasteiger partial charge on any atom is -0.330 e. The van der Waals surface area contributed by atoms with Crippen molar-refractivity contribution in [2.75, 3.05) is 19.6 Å². The molecule has 0 radical (unpaired) electrons. The van der Waals surface area contributed by atoms with Crippen LogP contribution in [0.5, 0.6) is 0 Å². The highest BCUT2D eigenvalue weighted by Crippen LogP contribution is 2.31. The van der Waals surface area contributed by atoms with Gasteiger partial charge in [0, 0.05) is 26.1 Å². The summed E-state index contributed by atoms with van der Waals surface area (Å²) in [5, 5.41) is 2.21. The molecule has 0 bridgehead atoms. The molecule has 8 nitrogen and oxygen atoms in total. The maximum Gasteiger partial charge on any atom is 0.262 e. The molecule has 1 unspecified atom stereocenters. The Kier molecular flexibility index (Phi) is 4.53. The Bertz CT molecular complexity index is 831. The average Bonchev–Trinajstić information content (AvgIpc) is 2.85. The zero-order valence-electron chi connectivity index (χ0n) is 14.9. The number of hydrogen-bond donors (Lipinski definition) is 2. The molecule has 0 saturated carbocycles. The van der Waals surface area contributed by atoms with Crippen LogP contribution in [-0.4, -0.2) is 59.1 Å². The van der Waals surface area contributed by atoms with E-state index < -0.39 is 23.8 Å². The molecule has 3 heterocycles. The number of carbonyl (C=O) groups excluding carboxylic acids is 4. The van der Waals surface area contributed by atoms with Crippen molar-refractivity contribution in [2.24, 2.45) is 11.7 Å². The number of amides is 4. The molecule has 8 heteroatoms. The number of likely N-dealkylation sites (tertiary alicyclic amines) is 1. The molecule has 4 rings (SSSR count). The van der Waals surface area contributed by atoms with Crippen LogP contribution in [0.3, 0.4) is 0 Å². The molecule has 27 heavy (non-hydrogen) atoms. The fourth-order valence-corrected chi connectivity index (χ4v) is 4.18. The number of nitrogens with one attached hydrogen (secondary N) is 1. The van der Waals surface area contributed by atoms with E-state index in [1.165, 1.54) is 0 Å². The molecule has 2 saturated heterocycles. The van der Waals surface area contributed by atoms with Crippen LogP contribution < -0.4 is 11.1 Å². The van der Waals surface area contributed by atoms with Gasteiger partial charge < -0.3 is 5.73 Å². The highest BCUT2D eigenvalue weighted by Gasteiger charge is 2.45. The van der Waals surface area contributed by atoms with Gasteiger partial charge in [-0.05, 0) is 36.9 Å². The molecule has 3 aliphatic heterocycles. The quantitative estimate of drug-likeness (QED) is 0.698. The van der Waals surface area contributed by atoms with E-state index in [1.807, 2.05) is 6.07 Å². The Morgan fingerprint density at radius 1 is 1.11 bits per heavy atom. The lowest BCUT2D eigenvalue weighted by atomic mass is 9.94. The van der Waals surface area contributed by atoms with Crippen LogP contribution in [0.2, 0.25) is 0 Å². The largest absolute Gasteiger partial charge is 0.330 e. The van der Waals surface area contributed by atoms with E-state index in [-0.39, 0.29) is 18.7 Å². The third-order valence-electron chi connectivity index (χ3n) is 5.56. The Morgan fingerprint density at radius 2 is 1.89 bits per heavy atom. The summed E-state index contributed by atoms with van der Waals surface area (Å²) in [5.41, 5.74) is 7.11. The van der Waals surface area contributed by atoms with Gasteiger partial charge in [0.1, 0.15) is 6.04 Å². The van der Waals surface area contributed by atoms with Crippen molar-refractivity contribution >= 4 is 23.6 Å². The first-order valence-corrected chi connectivity index (χ1v) is 9.25. The number of piperidine rings is 1. The number of hydrogen-bond acceptors (Lipinski definition) is 6. The molecule has 1 atom stereocenters. The maximum atomic E-state index is 13.0. The molecule has 1 aromatic carbocycles. The van der Waals surface area contributed by atoms with Crippen LogP contribution in [-0.2, 0) is 16.1 Å². The monoisotopic (exact) mass is 370 g/mol. The Balaban J connectivity index is 1.55. The van der Waals surface area contributed by atoms with Crippen LogP contribution in [0.1, 0.15) is 45.5 Å². The number of imide groups is 2. The highest BCUT2D eigenvalue weighted by atomic mass is 16.2. The van der Waals surface area contributed by atoms with Gasteiger partial charge in [0.05, 0.1) is 11.1 Å². The molecular weight excluding hydrogens is 348 g/mol. The third-order valence-corrected chi connectivity index (χ3v) is 5.56. The molecule has 0 aromatic heterocycles.